The maximum Gasteiger partial charge on any atom is 0.140 e. The Balaban J connectivity index is 1.31. The summed E-state index contributed by atoms with van der Waals surface area (Å²) in [6, 6.07) is 20.6. The molecule has 5 nitrogen and oxygen atoms in total. The minimum Gasteiger partial charge on any atom is -0.508 e. The van der Waals surface area contributed by atoms with Crippen LogP contribution in [0.5, 0.6) is 23.0 Å². The summed E-state index contributed by atoms with van der Waals surface area (Å²) in [5, 5.41) is 19.9. The third kappa shape index (κ3) is 5.45. The first kappa shape index (κ1) is 22.9. The third-order valence-corrected chi connectivity index (χ3v) is 7.84. The highest BCUT2D eigenvalue weighted by molar-refractivity contribution is 7.99. The van der Waals surface area contributed by atoms with E-state index in [1.54, 1.807) is 36.0 Å². The molecule has 34 heavy (non-hydrogen) atoms. The van der Waals surface area contributed by atoms with Gasteiger partial charge in [-0.1, -0.05) is 37.1 Å². The van der Waals surface area contributed by atoms with Crippen molar-refractivity contribution in [3.8, 4) is 23.0 Å². The van der Waals surface area contributed by atoms with Gasteiger partial charge in [0.05, 0.1) is 10.1 Å². The molecule has 3 aromatic rings. The molecule has 2 atom stereocenters. The molecule has 178 valence electrons. The van der Waals surface area contributed by atoms with Crippen molar-refractivity contribution in [2.75, 3.05) is 26.2 Å². The highest BCUT2D eigenvalue weighted by atomic mass is 32.2. The lowest BCUT2D eigenvalue weighted by atomic mass is 10.00. The summed E-state index contributed by atoms with van der Waals surface area (Å²) in [6.07, 6.45) is 5.02. The number of hydrogen-bond acceptors (Lipinski definition) is 6. The van der Waals surface area contributed by atoms with Crippen LogP contribution in [0.2, 0.25) is 0 Å². The number of phenolic OH excluding ortho intramolecular Hbond substituents is 2. The molecule has 1 saturated heterocycles. The molecule has 2 heterocycles. The fourth-order valence-electron chi connectivity index (χ4n) is 4.68. The molecule has 0 unspecified atom stereocenters. The number of nitrogens with zero attached hydrogens (tertiary/aromatic N) is 1. The van der Waals surface area contributed by atoms with Crippen molar-refractivity contribution in [3.05, 3.63) is 77.9 Å². The Bertz CT molecular complexity index is 1100. The van der Waals surface area contributed by atoms with Gasteiger partial charge in [0.2, 0.25) is 0 Å². The Kier molecular flexibility index (Phi) is 7.16. The van der Waals surface area contributed by atoms with Gasteiger partial charge >= 0.3 is 0 Å². The van der Waals surface area contributed by atoms with Crippen molar-refractivity contribution >= 4 is 11.8 Å². The molecule has 2 aliphatic rings. The second kappa shape index (κ2) is 10.6. The van der Waals surface area contributed by atoms with E-state index in [0.717, 1.165) is 34.1 Å². The maximum absolute atomic E-state index is 10.1. The van der Waals surface area contributed by atoms with Gasteiger partial charge in [-0.25, -0.2) is 0 Å². The normalized spacial score (nSPS) is 20.7. The van der Waals surface area contributed by atoms with Gasteiger partial charge in [-0.2, -0.15) is 0 Å². The van der Waals surface area contributed by atoms with Crippen molar-refractivity contribution in [1.82, 2.24) is 4.90 Å². The zero-order valence-electron chi connectivity index (χ0n) is 19.2. The molecular weight excluding hydrogens is 446 g/mol. The van der Waals surface area contributed by atoms with E-state index in [2.05, 4.69) is 17.0 Å². The third-order valence-electron chi connectivity index (χ3n) is 6.49. The van der Waals surface area contributed by atoms with Gasteiger partial charge in [0.1, 0.15) is 35.7 Å². The average Bonchev–Trinajstić information content (AvgIpc) is 3.13. The second-order valence-electron chi connectivity index (χ2n) is 8.98. The van der Waals surface area contributed by atoms with E-state index >= 15 is 0 Å². The molecule has 0 bridgehead atoms. The predicted molar refractivity (Wildman–Crippen MR) is 135 cm³/mol. The van der Waals surface area contributed by atoms with Gasteiger partial charge in [-0.15, -0.1) is 11.8 Å². The molecule has 0 saturated carbocycles. The van der Waals surface area contributed by atoms with Crippen molar-refractivity contribution < 1.29 is 19.7 Å². The Hall–Kier alpha value is -2.83. The number of ether oxygens (including phenoxy) is 2. The van der Waals surface area contributed by atoms with Crippen LogP contribution in [0.4, 0.5) is 0 Å². The molecule has 0 aliphatic carbocycles. The SMILES string of the molecule is Oc1cccc([C@H]2Sc3cc(O)ccc3O[C@H]2c2ccc(OCCN3CCCCCC3)cc2)c1. The number of rotatable bonds is 6. The molecule has 0 aromatic heterocycles. The Labute approximate surface area is 205 Å². The monoisotopic (exact) mass is 477 g/mol. The number of benzene rings is 3. The standard InChI is InChI=1S/C28H31NO4S/c30-22-7-5-6-21(18-22)28-27(33-25-13-10-23(31)19-26(25)34-28)20-8-11-24(12-9-20)32-17-16-29-14-3-1-2-4-15-29/h5-13,18-19,27-28,30-31H,1-4,14-17H2/t27-,28+/m0/s1. The van der Waals surface area contributed by atoms with Crippen LogP contribution in [-0.4, -0.2) is 41.4 Å². The number of phenols is 2. The summed E-state index contributed by atoms with van der Waals surface area (Å²) >= 11 is 1.64. The second-order valence-corrected chi connectivity index (χ2v) is 10.2. The highest BCUT2D eigenvalue weighted by Gasteiger charge is 2.34. The zero-order chi connectivity index (χ0) is 23.3. The van der Waals surface area contributed by atoms with Gasteiger partial charge in [0, 0.05) is 6.54 Å². The van der Waals surface area contributed by atoms with Crippen LogP contribution >= 0.6 is 11.8 Å². The van der Waals surface area contributed by atoms with Crippen LogP contribution in [0.15, 0.2) is 71.6 Å². The van der Waals surface area contributed by atoms with Gasteiger partial charge in [0.15, 0.2) is 0 Å². The average molecular weight is 478 g/mol. The minimum absolute atomic E-state index is 0.0730. The molecule has 0 radical (unpaired) electrons. The summed E-state index contributed by atoms with van der Waals surface area (Å²) in [5.74, 6) is 2.06. The summed E-state index contributed by atoms with van der Waals surface area (Å²) in [5.41, 5.74) is 2.02. The summed E-state index contributed by atoms with van der Waals surface area (Å²) < 4.78 is 12.5. The Morgan fingerprint density at radius 1 is 0.853 bits per heavy atom. The van der Waals surface area contributed by atoms with Crippen molar-refractivity contribution in [3.63, 3.8) is 0 Å². The quantitative estimate of drug-likeness (QED) is 0.433. The number of likely N-dealkylation sites (tertiary alicyclic amines) is 1. The molecule has 2 aliphatic heterocycles. The van der Waals surface area contributed by atoms with E-state index in [1.807, 2.05) is 30.3 Å². The lowest BCUT2D eigenvalue weighted by Crippen LogP contribution is -2.29. The van der Waals surface area contributed by atoms with E-state index in [1.165, 1.54) is 38.8 Å². The fourth-order valence-corrected chi connectivity index (χ4v) is 5.99. The first-order chi connectivity index (χ1) is 16.7. The first-order valence-corrected chi connectivity index (χ1v) is 12.9. The Morgan fingerprint density at radius 3 is 2.38 bits per heavy atom. The maximum atomic E-state index is 10.1. The van der Waals surface area contributed by atoms with Crippen LogP contribution < -0.4 is 9.47 Å². The van der Waals surface area contributed by atoms with Crippen LogP contribution in [0, 0.1) is 0 Å². The van der Waals surface area contributed by atoms with Crippen LogP contribution in [-0.2, 0) is 0 Å². The fraction of sp³-hybridized carbons (Fsp3) is 0.357. The molecule has 6 heteroatoms. The van der Waals surface area contributed by atoms with Gasteiger partial charge in [-0.05, 0) is 79.5 Å². The number of thioether (sulfide) groups is 1. The van der Waals surface area contributed by atoms with E-state index < -0.39 is 0 Å². The summed E-state index contributed by atoms with van der Waals surface area (Å²) in [4.78, 5) is 3.39. The van der Waals surface area contributed by atoms with Crippen LogP contribution in [0.3, 0.4) is 0 Å². The van der Waals surface area contributed by atoms with Crippen molar-refractivity contribution in [2.45, 2.75) is 41.9 Å². The number of fused-ring (bicyclic) bond motifs is 1. The molecular formula is C28H31NO4S. The molecule has 1 fully saturated rings. The summed E-state index contributed by atoms with van der Waals surface area (Å²) in [7, 11) is 0. The molecule has 5 rings (SSSR count). The van der Waals surface area contributed by atoms with E-state index in [9.17, 15) is 10.2 Å². The molecule has 0 amide bonds. The molecule has 3 aromatic carbocycles. The lowest BCUT2D eigenvalue weighted by Gasteiger charge is -2.34. The molecule has 2 N–H and O–H groups in total. The summed E-state index contributed by atoms with van der Waals surface area (Å²) in [6.45, 7) is 4.01. The van der Waals surface area contributed by atoms with E-state index in [4.69, 9.17) is 9.47 Å². The van der Waals surface area contributed by atoms with Crippen LogP contribution in [0.1, 0.15) is 48.2 Å². The minimum atomic E-state index is -0.241. The smallest absolute Gasteiger partial charge is 0.140 e. The van der Waals surface area contributed by atoms with E-state index in [0.29, 0.717) is 6.61 Å². The first-order valence-electron chi connectivity index (χ1n) is 12.1. The highest BCUT2D eigenvalue weighted by Crippen LogP contribution is 2.54. The largest absolute Gasteiger partial charge is 0.508 e. The van der Waals surface area contributed by atoms with Gasteiger partial charge in [-0.3, -0.25) is 4.90 Å². The van der Waals surface area contributed by atoms with E-state index in [-0.39, 0.29) is 22.9 Å². The topological polar surface area (TPSA) is 62.2 Å². The number of aromatic hydroxyl groups is 2. The van der Waals surface area contributed by atoms with Gasteiger partial charge in [0.25, 0.3) is 0 Å². The number of hydrogen-bond donors (Lipinski definition) is 2. The van der Waals surface area contributed by atoms with Gasteiger partial charge < -0.3 is 19.7 Å². The zero-order valence-corrected chi connectivity index (χ0v) is 20.0. The molecule has 0 spiro atoms. The van der Waals surface area contributed by atoms with Crippen molar-refractivity contribution in [1.29, 1.82) is 0 Å². The van der Waals surface area contributed by atoms with Crippen LogP contribution in [0.25, 0.3) is 0 Å². The predicted octanol–water partition coefficient (Wildman–Crippen LogP) is 6.32. The lowest BCUT2D eigenvalue weighted by molar-refractivity contribution is 0.190. The Morgan fingerprint density at radius 2 is 1.62 bits per heavy atom. The van der Waals surface area contributed by atoms with Crippen molar-refractivity contribution in [2.24, 2.45) is 0 Å².